The summed E-state index contributed by atoms with van der Waals surface area (Å²) in [5.41, 5.74) is 0. The third-order valence-corrected chi connectivity index (χ3v) is 4.67. The highest BCUT2D eigenvalue weighted by Crippen LogP contribution is 2.34. The fraction of sp³-hybridized carbons (Fsp3) is 0.600. The van der Waals surface area contributed by atoms with E-state index in [0.29, 0.717) is 13.2 Å². The van der Waals surface area contributed by atoms with Gasteiger partial charge >= 0.3 is 0 Å². The highest BCUT2D eigenvalue weighted by Gasteiger charge is 2.25. The normalized spacial score (nSPS) is 24.9. The van der Waals surface area contributed by atoms with E-state index in [9.17, 15) is 0 Å². The van der Waals surface area contributed by atoms with Crippen LogP contribution in [0.5, 0.6) is 0 Å². The van der Waals surface area contributed by atoms with E-state index in [1.54, 1.807) is 0 Å². The Morgan fingerprint density at radius 3 is 2.93 bits per heavy atom. The van der Waals surface area contributed by atoms with E-state index >= 15 is 0 Å². The van der Waals surface area contributed by atoms with E-state index < -0.39 is 0 Å². The lowest BCUT2D eigenvalue weighted by Crippen LogP contribution is -2.31. The second-order valence-electron chi connectivity index (χ2n) is 3.33. The summed E-state index contributed by atoms with van der Waals surface area (Å²) in [4.78, 5) is 2.92. The minimum atomic E-state index is 0.154. The van der Waals surface area contributed by atoms with Crippen molar-refractivity contribution < 1.29 is 9.47 Å². The lowest BCUT2D eigenvalue weighted by atomic mass is 10.2. The zero-order chi connectivity index (χ0) is 9.97. The molecule has 1 fully saturated rings. The third kappa shape index (κ3) is 2.37. The number of rotatable bonds is 2. The Labute approximate surface area is 96.4 Å². The van der Waals surface area contributed by atoms with Gasteiger partial charge < -0.3 is 9.47 Å². The number of hydrogen-bond donors (Lipinski definition) is 0. The van der Waals surface area contributed by atoms with Crippen molar-refractivity contribution in [2.24, 2.45) is 0 Å². The third-order valence-electron chi connectivity index (χ3n) is 2.20. The Bertz CT molecular complexity index is 294. The van der Waals surface area contributed by atoms with Gasteiger partial charge in [-0.1, -0.05) is 15.9 Å². The van der Waals surface area contributed by atoms with Crippen molar-refractivity contribution in [3.05, 3.63) is 21.9 Å². The molecule has 78 valence electrons. The molecule has 1 aromatic rings. The molecular formula is C10H13BrO2S. The highest BCUT2D eigenvalue weighted by atomic mass is 79.9. The standard InChI is InChI=1S/C10H13BrO2S/c1-7-2-3-9(14-7)10(11)8-6-12-4-5-13-8/h2-3,8,10H,4-6H2,1H3. The summed E-state index contributed by atoms with van der Waals surface area (Å²) in [6.45, 7) is 4.23. The maximum atomic E-state index is 5.64. The number of ether oxygens (including phenoxy) is 2. The molecule has 2 atom stereocenters. The van der Waals surface area contributed by atoms with E-state index in [0.717, 1.165) is 6.61 Å². The highest BCUT2D eigenvalue weighted by molar-refractivity contribution is 9.09. The Morgan fingerprint density at radius 1 is 1.50 bits per heavy atom. The van der Waals surface area contributed by atoms with Gasteiger partial charge in [0.15, 0.2) is 0 Å². The Morgan fingerprint density at radius 2 is 2.36 bits per heavy atom. The summed E-state index contributed by atoms with van der Waals surface area (Å²) in [5, 5.41) is 0. The summed E-state index contributed by atoms with van der Waals surface area (Å²) < 4.78 is 11.0. The van der Waals surface area contributed by atoms with Gasteiger partial charge in [0.1, 0.15) is 0 Å². The molecule has 2 nitrogen and oxygen atoms in total. The van der Waals surface area contributed by atoms with E-state index in [1.807, 2.05) is 11.3 Å². The molecule has 0 amide bonds. The van der Waals surface area contributed by atoms with Crippen molar-refractivity contribution in [1.82, 2.24) is 0 Å². The predicted molar refractivity (Wildman–Crippen MR) is 61.3 cm³/mol. The smallest absolute Gasteiger partial charge is 0.0983 e. The molecule has 4 heteroatoms. The predicted octanol–water partition coefficient (Wildman–Crippen LogP) is 2.91. The molecule has 0 aromatic carbocycles. The van der Waals surface area contributed by atoms with Gasteiger partial charge in [0.25, 0.3) is 0 Å². The maximum Gasteiger partial charge on any atom is 0.0983 e. The molecule has 0 spiro atoms. The van der Waals surface area contributed by atoms with Gasteiger partial charge in [0, 0.05) is 9.75 Å². The van der Waals surface area contributed by atoms with Crippen molar-refractivity contribution in [1.29, 1.82) is 0 Å². The molecule has 2 rings (SSSR count). The van der Waals surface area contributed by atoms with Crippen LogP contribution in [0.1, 0.15) is 14.6 Å². The van der Waals surface area contributed by atoms with Crippen LogP contribution in [-0.4, -0.2) is 25.9 Å². The zero-order valence-corrected chi connectivity index (χ0v) is 10.4. The van der Waals surface area contributed by atoms with Gasteiger partial charge in [-0.25, -0.2) is 0 Å². The van der Waals surface area contributed by atoms with Crippen LogP contribution in [0.3, 0.4) is 0 Å². The van der Waals surface area contributed by atoms with Crippen LogP contribution in [0.4, 0.5) is 0 Å². The SMILES string of the molecule is Cc1ccc(C(Br)C2COCCO2)s1. The van der Waals surface area contributed by atoms with Gasteiger partial charge in [-0.2, -0.15) is 0 Å². The van der Waals surface area contributed by atoms with Crippen LogP contribution in [0.15, 0.2) is 12.1 Å². The maximum absolute atomic E-state index is 5.64. The molecule has 2 heterocycles. The van der Waals surface area contributed by atoms with E-state index in [4.69, 9.17) is 9.47 Å². The second-order valence-corrected chi connectivity index (χ2v) is 5.64. The van der Waals surface area contributed by atoms with Gasteiger partial charge in [0.2, 0.25) is 0 Å². The molecular weight excluding hydrogens is 264 g/mol. The first-order valence-electron chi connectivity index (χ1n) is 4.67. The molecule has 0 N–H and O–H groups in total. The molecule has 1 aromatic heterocycles. The van der Waals surface area contributed by atoms with Gasteiger partial charge in [-0.3, -0.25) is 0 Å². The van der Waals surface area contributed by atoms with Gasteiger partial charge in [-0.15, -0.1) is 11.3 Å². The fourth-order valence-electron chi connectivity index (χ4n) is 1.46. The summed E-state index contributed by atoms with van der Waals surface area (Å²) in [6.07, 6.45) is 0.154. The van der Waals surface area contributed by atoms with Crippen LogP contribution in [0.2, 0.25) is 0 Å². The zero-order valence-electron chi connectivity index (χ0n) is 8.03. The van der Waals surface area contributed by atoms with Crippen molar-refractivity contribution in [3.8, 4) is 0 Å². The van der Waals surface area contributed by atoms with Crippen molar-refractivity contribution >= 4 is 27.3 Å². The van der Waals surface area contributed by atoms with Crippen molar-refractivity contribution in [2.75, 3.05) is 19.8 Å². The van der Waals surface area contributed by atoms with E-state index in [2.05, 4.69) is 35.0 Å². The van der Waals surface area contributed by atoms with Crippen LogP contribution in [0.25, 0.3) is 0 Å². The van der Waals surface area contributed by atoms with E-state index in [1.165, 1.54) is 9.75 Å². The largest absolute Gasteiger partial charge is 0.376 e. The summed E-state index contributed by atoms with van der Waals surface area (Å²) in [6, 6.07) is 4.29. The quantitative estimate of drug-likeness (QED) is 0.774. The summed E-state index contributed by atoms with van der Waals surface area (Å²) in [5.74, 6) is 0. The monoisotopic (exact) mass is 276 g/mol. The van der Waals surface area contributed by atoms with Crippen LogP contribution in [-0.2, 0) is 9.47 Å². The average Bonchev–Trinajstić information content (AvgIpc) is 2.65. The van der Waals surface area contributed by atoms with Crippen LogP contribution in [0, 0.1) is 6.92 Å². The van der Waals surface area contributed by atoms with Crippen molar-refractivity contribution in [2.45, 2.75) is 17.9 Å². The number of thiophene rings is 1. The molecule has 0 radical (unpaired) electrons. The van der Waals surface area contributed by atoms with Crippen LogP contribution < -0.4 is 0 Å². The molecule has 2 unspecified atom stereocenters. The first kappa shape index (κ1) is 10.6. The number of halogens is 1. The molecule has 1 saturated heterocycles. The summed E-state index contributed by atoms with van der Waals surface area (Å²) in [7, 11) is 0. The lowest BCUT2D eigenvalue weighted by molar-refractivity contribution is -0.0873. The molecule has 1 aliphatic heterocycles. The first-order valence-corrected chi connectivity index (χ1v) is 6.40. The van der Waals surface area contributed by atoms with Gasteiger partial charge in [0.05, 0.1) is 30.8 Å². The molecule has 14 heavy (non-hydrogen) atoms. The molecule has 0 aliphatic carbocycles. The Balaban J connectivity index is 2.03. The minimum absolute atomic E-state index is 0.154. The van der Waals surface area contributed by atoms with Gasteiger partial charge in [-0.05, 0) is 19.1 Å². The van der Waals surface area contributed by atoms with E-state index in [-0.39, 0.29) is 10.9 Å². The number of alkyl halides is 1. The lowest BCUT2D eigenvalue weighted by Gasteiger charge is -2.26. The molecule has 0 bridgehead atoms. The number of aryl methyl sites for hydroxylation is 1. The Kier molecular flexibility index (Phi) is 3.60. The molecule has 0 saturated carbocycles. The molecule has 1 aliphatic rings. The fourth-order valence-corrected chi connectivity index (χ4v) is 3.11. The minimum Gasteiger partial charge on any atom is -0.376 e. The average molecular weight is 277 g/mol. The van der Waals surface area contributed by atoms with Crippen LogP contribution >= 0.6 is 27.3 Å². The van der Waals surface area contributed by atoms with Crippen molar-refractivity contribution in [3.63, 3.8) is 0 Å². The first-order chi connectivity index (χ1) is 6.77. The topological polar surface area (TPSA) is 18.5 Å². The number of hydrogen-bond acceptors (Lipinski definition) is 3. The summed E-state index contributed by atoms with van der Waals surface area (Å²) >= 11 is 5.47. The second kappa shape index (κ2) is 4.75. The Hall–Kier alpha value is 0.1000.